The van der Waals surface area contributed by atoms with Gasteiger partial charge >= 0.3 is 6.18 Å². The summed E-state index contributed by atoms with van der Waals surface area (Å²) in [5.41, 5.74) is 2.11. The van der Waals surface area contributed by atoms with Gasteiger partial charge in [0, 0.05) is 29.7 Å². The molecule has 2 N–H and O–H groups in total. The highest BCUT2D eigenvalue weighted by molar-refractivity contribution is 5.93. The van der Waals surface area contributed by atoms with Gasteiger partial charge in [0.25, 0.3) is 0 Å². The van der Waals surface area contributed by atoms with Crippen molar-refractivity contribution in [3.63, 3.8) is 0 Å². The minimum absolute atomic E-state index is 0.107. The second-order valence-electron chi connectivity index (χ2n) is 7.63. The minimum Gasteiger partial charge on any atom is -0.366 e. The zero-order chi connectivity index (χ0) is 20.5. The average molecular weight is 398 g/mol. The van der Waals surface area contributed by atoms with Crippen molar-refractivity contribution in [3.8, 4) is 0 Å². The molecule has 4 nitrogen and oxygen atoms in total. The van der Waals surface area contributed by atoms with E-state index in [1.165, 1.54) is 17.7 Å². The van der Waals surface area contributed by atoms with Gasteiger partial charge in [-0.15, -0.1) is 0 Å². The van der Waals surface area contributed by atoms with Crippen molar-refractivity contribution in [2.75, 3.05) is 6.54 Å². The maximum Gasteiger partial charge on any atom is 0.416 e. The molecule has 1 aliphatic heterocycles. The summed E-state index contributed by atoms with van der Waals surface area (Å²) in [6.07, 6.45) is 4.38. The molecule has 0 spiro atoms. The smallest absolute Gasteiger partial charge is 0.366 e. The van der Waals surface area contributed by atoms with Gasteiger partial charge < -0.3 is 10.3 Å². The molecule has 0 aliphatic carbocycles. The molecule has 1 aromatic carbocycles. The zero-order valence-electron chi connectivity index (χ0n) is 15.9. The Morgan fingerprint density at radius 1 is 1.17 bits per heavy atom. The molecule has 0 saturated heterocycles. The lowest BCUT2D eigenvalue weighted by Gasteiger charge is -2.27. The summed E-state index contributed by atoms with van der Waals surface area (Å²) in [6, 6.07) is 9.16. The van der Waals surface area contributed by atoms with Gasteiger partial charge in [-0.3, -0.25) is 4.99 Å². The third kappa shape index (κ3) is 4.34. The van der Waals surface area contributed by atoms with Gasteiger partial charge in [0.05, 0.1) is 12.1 Å². The summed E-state index contributed by atoms with van der Waals surface area (Å²) in [5.74, 6) is 0.739. The fourth-order valence-electron chi connectivity index (χ4n) is 3.48. The Hall–Kier alpha value is -3.09. The standard InChI is InChI=1S/C22H21F3N4/c1-21(11-16-13-28-20-18(16)3-2-10-26-20)9-8-19(29-14-21)27-12-15-4-6-17(7-5-15)22(23,24)25/h2-10,13H,11-12,14H2,1H3,(H,26,28)(H,27,29). The van der Waals surface area contributed by atoms with Crippen molar-refractivity contribution in [2.24, 2.45) is 10.4 Å². The van der Waals surface area contributed by atoms with E-state index >= 15 is 0 Å². The molecule has 7 heteroatoms. The Kier molecular flexibility index (Phi) is 4.90. The number of rotatable bonds is 4. The van der Waals surface area contributed by atoms with Crippen LogP contribution < -0.4 is 5.32 Å². The van der Waals surface area contributed by atoms with Crippen LogP contribution in [0.15, 0.2) is 65.9 Å². The van der Waals surface area contributed by atoms with Gasteiger partial charge in [0.15, 0.2) is 0 Å². The van der Waals surface area contributed by atoms with Crippen LogP contribution in [0.5, 0.6) is 0 Å². The number of H-pyrrole nitrogens is 1. The van der Waals surface area contributed by atoms with Crippen LogP contribution in [0, 0.1) is 5.41 Å². The molecule has 3 heterocycles. The van der Waals surface area contributed by atoms with Crippen LogP contribution in [-0.4, -0.2) is 22.3 Å². The van der Waals surface area contributed by atoms with Gasteiger partial charge in [0.1, 0.15) is 11.5 Å². The Morgan fingerprint density at radius 3 is 2.66 bits per heavy atom. The molecular weight excluding hydrogens is 377 g/mol. The number of nitrogens with one attached hydrogen (secondary N) is 2. The SMILES string of the molecule is CC1(Cc2c[nH]c3ncccc23)C=CC(NCc2ccc(C(F)(F)F)cc2)=NC1. The molecule has 0 radical (unpaired) electrons. The van der Waals surface area contributed by atoms with E-state index in [0.29, 0.717) is 13.1 Å². The second-order valence-corrected chi connectivity index (χ2v) is 7.63. The Balaban J connectivity index is 1.36. The molecule has 1 aliphatic rings. The molecule has 150 valence electrons. The molecule has 0 bridgehead atoms. The number of alkyl halides is 3. The third-order valence-corrected chi connectivity index (χ3v) is 5.14. The van der Waals surface area contributed by atoms with Crippen molar-refractivity contribution in [1.29, 1.82) is 0 Å². The van der Waals surface area contributed by atoms with E-state index < -0.39 is 11.7 Å². The zero-order valence-corrected chi connectivity index (χ0v) is 15.9. The summed E-state index contributed by atoms with van der Waals surface area (Å²) < 4.78 is 37.9. The maximum atomic E-state index is 12.6. The number of benzene rings is 1. The number of dihydropyridines is 1. The Labute approximate surface area is 166 Å². The predicted molar refractivity (Wildman–Crippen MR) is 108 cm³/mol. The van der Waals surface area contributed by atoms with Gasteiger partial charge in [-0.2, -0.15) is 13.2 Å². The van der Waals surface area contributed by atoms with Gasteiger partial charge in [-0.05, 0) is 47.9 Å². The average Bonchev–Trinajstić information content (AvgIpc) is 3.10. The van der Waals surface area contributed by atoms with Crippen molar-refractivity contribution in [1.82, 2.24) is 15.3 Å². The summed E-state index contributed by atoms with van der Waals surface area (Å²) >= 11 is 0. The Bertz CT molecular complexity index is 1060. The van der Waals surface area contributed by atoms with Crippen LogP contribution >= 0.6 is 0 Å². The molecular formula is C22H21F3N4. The molecule has 0 fully saturated rings. The number of aliphatic imine (C=N–C) groups is 1. The number of aromatic amines is 1. The number of hydrogen-bond donors (Lipinski definition) is 2. The largest absolute Gasteiger partial charge is 0.416 e. The van der Waals surface area contributed by atoms with Crippen LogP contribution in [-0.2, 0) is 19.1 Å². The Morgan fingerprint density at radius 2 is 1.97 bits per heavy atom. The van der Waals surface area contributed by atoms with E-state index in [1.54, 1.807) is 6.20 Å². The lowest BCUT2D eigenvalue weighted by atomic mass is 9.82. The topological polar surface area (TPSA) is 53.1 Å². The van der Waals surface area contributed by atoms with Crippen molar-refractivity contribution in [2.45, 2.75) is 26.1 Å². The third-order valence-electron chi connectivity index (χ3n) is 5.14. The lowest BCUT2D eigenvalue weighted by molar-refractivity contribution is -0.137. The van der Waals surface area contributed by atoms with E-state index in [2.05, 4.69) is 39.3 Å². The highest BCUT2D eigenvalue weighted by Crippen LogP contribution is 2.31. The van der Waals surface area contributed by atoms with E-state index in [0.717, 1.165) is 41.0 Å². The van der Waals surface area contributed by atoms with E-state index in [1.807, 2.05) is 18.3 Å². The number of amidine groups is 1. The molecule has 0 amide bonds. The highest BCUT2D eigenvalue weighted by Gasteiger charge is 2.30. The van der Waals surface area contributed by atoms with Crippen LogP contribution in [0.2, 0.25) is 0 Å². The van der Waals surface area contributed by atoms with Crippen molar-refractivity contribution >= 4 is 16.9 Å². The van der Waals surface area contributed by atoms with Crippen LogP contribution in [0.25, 0.3) is 11.0 Å². The first kappa shape index (κ1) is 19.2. The van der Waals surface area contributed by atoms with Crippen molar-refractivity contribution in [3.05, 3.63) is 77.6 Å². The first-order chi connectivity index (χ1) is 13.8. The molecule has 4 rings (SSSR count). The quantitative estimate of drug-likeness (QED) is 0.658. The minimum atomic E-state index is -4.31. The van der Waals surface area contributed by atoms with Crippen LogP contribution in [0.4, 0.5) is 13.2 Å². The number of aromatic nitrogens is 2. The molecule has 0 saturated carbocycles. The molecule has 3 aromatic rings. The first-order valence-electron chi connectivity index (χ1n) is 9.37. The van der Waals surface area contributed by atoms with Crippen molar-refractivity contribution < 1.29 is 13.2 Å². The lowest BCUT2D eigenvalue weighted by Crippen LogP contribution is -2.30. The monoisotopic (exact) mass is 398 g/mol. The van der Waals surface area contributed by atoms with Gasteiger partial charge in [0.2, 0.25) is 0 Å². The van der Waals surface area contributed by atoms with Gasteiger partial charge in [-0.1, -0.05) is 25.1 Å². The second kappa shape index (κ2) is 7.39. The summed E-state index contributed by atoms with van der Waals surface area (Å²) in [6.45, 7) is 3.22. The highest BCUT2D eigenvalue weighted by atomic mass is 19.4. The van der Waals surface area contributed by atoms with Crippen LogP contribution in [0.3, 0.4) is 0 Å². The number of pyridine rings is 1. The molecule has 2 aromatic heterocycles. The molecule has 29 heavy (non-hydrogen) atoms. The van der Waals surface area contributed by atoms with Crippen LogP contribution in [0.1, 0.15) is 23.6 Å². The molecule has 1 atom stereocenters. The predicted octanol–water partition coefficient (Wildman–Crippen LogP) is 4.89. The first-order valence-corrected chi connectivity index (χ1v) is 9.37. The molecule has 1 unspecified atom stereocenters. The number of hydrogen-bond acceptors (Lipinski definition) is 3. The van der Waals surface area contributed by atoms with Gasteiger partial charge in [-0.25, -0.2) is 4.98 Å². The fraction of sp³-hybridized carbons (Fsp3) is 0.273. The summed E-state index contributed by atoms with van der Waals surface area (Å²) in [4.78, 5) is 12.2. The fourth-order valence-corrected chi connectivity index (χ4v) is 3.48. The summed E-state index contributed by atoms with van der Waals surface area (Å²) in [5, 5.41) is 4.31. The number of halogens is 3. The van der Waals surface area contributed by atoms with E-state index in [4.69, 9.17) is 0 Å². The maximum absolute atomic E-state index is 12.6. The van der Waals surface area contributed by atoms with E-state index in [-0.39, 0.29) is 5.41 Å². The van der Waals surface area contributed by atoms with E-state index in [9.17, 15) is 13.2 Å². The number of fused-ring (bicyclic) bond motifs is 1. The number of nitrogens with zero attached hydrogens (tertiary/aromatic N) is 2. The summed E-state index contributed by atoms with van der Waals surface area (Å²) in [7, 11) is 0. The normalized spacial score (nSPS) is 19.4.